The van der Waals surface area contributed by atoms with E-state index in [1.165, 1.54) is 6.42 Å². The van der Waals surface area contributed by atoms with Crippen LogP contribution < -0.4 is 5.32 Å². The Morgan fingerprint density at radius 2 is 1.93 bits per heavy atom. The van der Waals surface area contributed by atoms with E-state index < -0.39 is 0 Å². The van der Waals surface area contributed by atoms with Crippen LogP contribution in [0.3, 0.4) is 0 Å². The fraction of sp³-hybridized carbons (Fsp3) is 0.640. The molecule has 3 fully saturated rings. The van der Waals surface area contributed by atoms with Crippen LogP contribution in [0.4, 0.5) is 0 Å². The Bertz CT molecular complexity index is 870. The van der Waals surface area contributed by atoms with Crippen molar-refractivity contribution < 1.29 is 9.59 Å². The van der Waals surface area contributed by atoms with Crippen LogP contribution in [0.2, 0.25) is 0 Å². The van der Waals surface area contributed by atoms with E-state index in [0.717, 1.165) is 49.0 Å². The average molecular weight is 410 g/mol. The first-order valence-corrected chi connectivity index (χ1v) is 11.7. The van der Waals surface area contributed by atoms with Crippen LogP contribution in [0.1, 0.15) is 58.8 Å². The summed E-state index contributed by atoms with van der Waals surface area (Å²) in [6.07, 6.45) is 17.3. The highest BCUT2D eigenvalue weighted by molar-refractivity contribution is 7.80. The van der Waals surface area contributed by atoms with Gasteiger partial charge in [0, 0.05) is 34.2 Å². The summed E-state index contributed by atoms with van der Waals surface area (Å²) in [5.41, 5.74) is 0.974. The molecule has 154 valence electrons. The zero-order valence-electron chi connectivity index (χ0n) is 17.4. The number of thiocarbonyl (C=S) groups is 1. The van der Waals surface area contributed by atoms with Crippen molar-refractivity contribution in [2.24, 2.45) is 34.5 Å². The van der Waals surface area contributed by atoms with E-state index in [1.807, 2.05) is 18.2 Å². The van der Waals surface area contributed by atoms with Gasteiger partial charge in [-0.25, -0.2) is 0 Å². The molecule has 29 heavy (non-hydrogen) atoms. The van der Waals surface area contributed by atoms with E-state index in [2.05, 4.69) is 25.2 Å². The monoisotopic (exact) mass is 409 g/mol. The molecular formula is C25H31NO2S. The Balaban J connectivity index is 1.42. The summed E-state index contributed by atoms with van der Waals surface area (Å²) in [4.78, 5) is 26.2. The molecule has 0 bridgehead atoms. The maximum atomic E-state index is 13.5. The molecule has 7 atom stereocenters. The number of rotatable bonds is 2. The highest BCUT2D eigenvalue weighted by Crippen LogP contribution is 2.65. The van der Waals surface area contributed by atoms with Gasteiger partial charge in [0.15, 0.2) is 5.78 Å². The van der Waals surface area contributed by atoms with Gasteiger partial charge >= 0.3 is 0 Å². The van der Waals surface area contributed by atoms with Crippen molar-refractivity contribution in [3.8, 4) is 0 Å². The lowest BCUT2D eigenvalue weighted by atomic mass is 9.47. The van der Waals surface area contributed by atoms with Crippen LogP contribution in [0.25, 0.3) is 0 Å². The molecule has 5 aliphatic rings. The van der Waals surface area contributed by atoms with Crippen LogP contribution in [-0.4, -0.2) is 22.6 Å². The summed E-state index contributed by atoms with van der Waals surface area (Å²) < 4.78 is 0. The predicted octanol–water partition coefficient (Wildman–Crippen LogP) is 4.73. The molecule has 0 aromatic rings. The lowest BCUT2D eigenvalue weighted by Gasteiger charge is -2.58. The van der Waals surface area contributed by atoms with Crippen molar-refractivity contribution in [3.63, 3.8) is 0 Å². The van der Waals surface area contributed by atoms with Crippen LogP contribution in [0, 0.1) is 34.5 Å². The van der Waals surface area contributed by atoms with Gasteiger partial charge in [-0.15, -0.1) is 0 Å². The molecule has 1 aliphatic heterocycles. The Morgan fingerprint density at radius 3 is 2.72 bits per heavy atom. The van der Waals surface area contributed by atoms with Gasteiger partial charge in [0.2, 0.25) is 5.91 Å². The Hall–Kier alpha value is -1.55. The molecular weight excluding hydrogens is 378 g/mol. The molecule has 0 aromatic carbocycles. The normalized spacial score (nSPS) is 45.7. The summed E-state index contributed by atoms with van der Waals surface area (Å²) in [7, 11) is 0. The Morgan fingerprint density at radius 1 is 1.10 bits per heavy atom. The van der Waals surface area contributed by atoms with E-state index >= 15 is 0 Å². The molecule has 4 aliphatic carbocycles. The molecule has 5 rings (SSSR count). The van der Waals surface area contributed by atoms with Crippen LogP contribution >= 0.6 is 12.2 Å². The van der Waals surface area contributed by atoms with Crippen molar-refractivity contribution in [1.82, 2.24) is 5.32 Å². The number of amides is 1. The highest BCUT2D eigenvalue weighted by atomic mass is 32.1. The van der Waals surface area contributed by atoms with Crippen LogP contribution in [-0.2, 0) is 9.59 Å². The van der Waals surface area contributed by atoms with Gasteiger partial charge in [-0.1, -0.05) is 44.3 Å². The van der Waals surface area contributed by atoms with Crippen molar-refractivity contribution in [2.75, 3.05) is 0 Å². The molecule has 3 saturated carbocycles. The molecule has 0 aromatic heterocycles. The van der Waals surface area contributed by atoms with Crippen molar-refractivity contribution in [1.29, 1.82) is 0 Å². The predicted molar refractivity (Wildman–Crippen MR) is 118 cm³/mol. The summed E-state index contributed by atoms with van der Waals surface area (Å²) >= 11 is 5.35. The zero-order valence-corrected chi connectivity index (χ0v) is 18.3. The molecule has 1 heterocycles. The largest absolute Gasteiger partial charge is 0.349 e. The molecule has 0 spiro atoms. The van der Waals surface area contributed by atoms with Gasteiger partial charge in [0.1, 0.15) is 0 Å². The van der Waals surface area contributed by atoms with E-state index in [9.17, 15) is 9.59 Å². The van der Waals surface area contributed by atoms with E-state index in [0.29, 0.717) is 23.5 Å². The van der Waals surface area contributed by atoms with Gasteiger partial charge in [-0.3, -0.25) is 9.59 Å². The molecule has 0 saturated heterocycles. The Kier molecular flexibility index (Phi) is 4.51. The quantitative estimate of drug-likeness (QED) is 0.671. The number of ketones is 1. The van der Waals surface area contributed by atoms with Gasteiger partial charge in [-0.2, -0.15) is 0 Å². The molecule has 4 heteroatoms. The minimum Gasteiger partial charge on any atom is -0.349 e. The smallest absolute Gasteiger partial charge is 0.243 e. The third-order valence-electron chi connectivity index (χ3n) is 9.22. The van der Waals surface area contributed by atoms with Gasteiger partial charge in [-0.05, 0) is 73.8 Å². The fourth-order valence-electron chi connectivity index (χ4n) is 7.70. The topological polar surface area (TPSA) is 46.2 Å². The second kappa shape index (κ2) is 6.73. The van der Waals surface area contributed by atoms with Gasteiger partial charge in [0.25, 0.3) is 0 Å². The first-order chi connectivity index (χ1) is 13.8. The fourth-order valence-corrected chi connectivity index (χ4v) is 7.92. The van der Waals surface area contributed by atoms with E-state index in [4.69, 9.17) is 12.2 Å². The number of allylic oxidation sites excluding steroid dienone is 4. The standard InChI is InChI=1S/C25H31NO2S/c1-24-12-10-19-17(6-9-21-25(19,2)13-11-22(27)26-21)18(24)7-8-20(24)23(28)15-4-3-5-16(29)14-15/h3-4,11,13-14,17-21H,5-10,12H2,1-2H3,(H,26,27)/t17-,18-,19-,20+,21+,24-,25+/m0/s1. The zero-order chi connectivity index (χ0) is 20.4. The van der Waals surface area contributed by atoms with Crippen LogP contribution in [0.5, 0.6) is 0 Å². The van der Waals surface area contributed by atoms with Crippen molar-refractivity contribution in [3.05, 3.63) is 36.0 Å². The third kappa shape index (κ3) is 2.85. The van der Waals surface area contributed by atoms with Crippen molar-refractivity contribution in [2.45, 2.75) is 64.8 Å². The number of fused-ring (bicyclic) bond motifs is 5. The van der Waals surface area contributed by atoms with E-state index in [-0.39, 0.29) is 28.7 Å². The van der Waals surface area contributed by atoms with Gasteiger partial charge in [0.05, 0.1) is 0 Å². The average Bonchev–Trinajstić information content (AvgIpc) is 3.05. The summed E-state index contributed by atoms with van der Waals surface area (Å²) in [6.45, 7) is 4.74. The maximum Gasteiger partial charge on any atom is 0.243 e. The first kappa shape index (κ1) is 19.4. The Labute approximate surface area is 179 Å². The second-order valence-corrected chi connectivity index (χ2v) is 11.0. The van der Waals surface area contributed by atoms with Crippen molar-refractivity contribution >= 4 is 28.8 Å². The SMILES string of the molecule is C[C@]12C=CC(=O)N[C@@H]1CC[C@@H]1[C@@H]2CC[C@]2(C)[C@@H](C(=O)C3=CC(=S)CC=C3)CC[C@@H]12. The highest BCUT2D eigenvalue weighted by Gasteiger charge is 2.60. The minimum atomic E-state index is 0.0566. The maximum absolute atomic E-state index is 13.5. The number of hydrogen-bond acceptors (Lipinski definition) is 3. The number of carbonyl (C=O) groups excluding carboxylic acids is 2. The summed E-state index contributed by atoms with van der Waals surface area (Å²) in [6, 6.07) is 0.267. The molecule has 3 nitrogen and oxygen atoms in total. The number of hydrogen-bond donors (Lipinski definition) is 1. The molecule has 1 N–H and O–H groups in total. The molecule has 0 unspecified atom stereocenters. The molecule has 0 radical (unpaired) electrons. The lowest BCUT2D eigenvalue weighted by molar-refractivity contribution is -0.129. The number of nitrogens with one attached hydrogen (secondary N) is 1. The second-order valence-electron chi connectivity index (χ2n) is 10.4. The minimum absolute atomic E-state index is 0.0566. The van der Waals surface area contributed by atoms with Gasteiger partial charge < -0.3 is 5.32 Å². The third-order valence-corrected chi connectivity index (χ3v) is 9.50. The molecule has 1 amide bonds. The summed E-state index contributed by atoms with van der Waals surface area (Å²) in [5, 5.41) is 3.23. The van der Waals surface area contributed by atoms with E-state index in [1.54, 1.807) is 6.08 Å². The lowest BCUT2D eigenvalue weighted by Crippen LogP contribution is -2.59. The van der Waals surface area contributed by atoms with Crippen LogP contribution in [0.15, 0.2) is 36.0 Å². The first-order valence-electron chi connectivity index (χ1n) is 11.3. The number of carbonyl (C=O) groups is 2. The number of Topliss-reactive ketones (excluding diaryl/α,β-unsaturated/α-hetero) is 1. The summed E-state index contributed by atoms with van der Waals surface area (Å²) in [5.74, 6) is 2.37.